The standard InChI is InChI=1S/C18H27N3O2.ClH/c1-5-21(18(23)14(4)15-9-19-10-15)11-16(22)20-17-12(2)7-6-8-13(17)3;/h6-8,14-15,19H,5,9-11H2,1-4H3,(H,20,22);1H. The Morgan fingerprint density at radius 2 is 1.88 bits per heavy atom. The number of nitrogens with one attached hydrogen (secondary N) is 2. The normalized spacial score (nSPS) is 15.0. The van der Waals surface area contributed by atoms with Crippen LogP contribution in [0.5, 0.6) is 0 Å². The maximum absolute atomic E-state index is 12.5. The summed E-state index contributed by atoms with van der Waals surface area (Å²) in [4.78, 5) is 26.5. The van der Waals surface area contributed by atoms with Gasteiger partial charge in [-0.3, -0.25) is 9.59 Å². The van der Waals surface area contributed by atoms with Gasteiger partial charge in [0.25, 0.3) is 0 Å². The summed E-state index contributed by atoms with van der Waals surface area (Å²) in [7, 11) is 0. The molecule has 1 heterocycles. The van der Waals surface area contributed by atoms with Gasteiger partial charge in [0.15, 0.2) is 0 Å². The number of amides is 2. The second-order valence-electron chi connectivity index (χ2n) is 6.37. The van der Waals surface area contributed by atoms with Gasteiger partial charge < -0.3 is 15.5 Å². The summed E-state index contributed by atoms with van der Waals surface area (Å²) in [5.41, 5.74) is 2.90. The Morgan fingerprint density at radius 3 is 2.33 bits per heavy atom. The molecule has 1 aromatic carbocycles. The third-order valence-corrected chi connectivity index (χ3v) is 4.68. The van der Waals surface area contributed by atoms with Crippen LogP contribution in [0.2, 0.25) is 0 Å². The smallest absolute Gasteiger partial charge is 0.244 e. The molecule has 134 valence electrons. The molecule has 0 aliphatic carbocycles. The SMILES string of the molecule is CCN(CC(=O)Nc1c(C)cccc1C)C(=O)C(C)C1CNC1.Cl. The summed E-state index contributed by atoms with van der Waals surface area (Å²) < 4.78 is 0. The summed E-state index contributed by atoms with van der Waals surface area (Å²) in [6.07, 6.45) is 0. The predicted octanol–water partition coefficient (Wildman–Crippen LogP) is 2.37. The highest BCUT2D eigenvalue weighted by Gasteiger charge is 2.31. The minimum absolute atomic E-state index is 0. The van der Waals surface area contributed by atoms with E-state index < -0.39 is 0 Å². The first-order chi connectivity index (χ1) is 10.9. The molecule has 0 spiro atoms. The molecule has 24 heavy (non-hydrogen) atoms. The highest BCUT2D eigenvalue weighted by atomic mass is 35.5. The van der Waals surface area contributed by atoms with Crippen molar-refractivity contribution in [1.29, 1.82) is 0 Å². The fourth-order valence-corrected chi connectivity index (χ4v) is 2.86. The molecule has 6 heteroatoms. The Morgan fingerprint density at radius 1 is 1.29 bits per heavy atom. The summed E-state index contributed by atoms with van der Waals surface area (Å²) in [5.74, 6) is 0.273. The van der Waals surface area contributed by atoms with Crippen molar-refractivity contribution < 1.29 is 9.59 Å². The van der Waals surface area contributed by atoms with E-state index in [1.54, 1.807) is 4.90 Å². The molecule has 1 aliphatic rings. The number of likely N-dealkylation sites (N-methyl/N-ethyl adjacent to an activating group) is 1. The highest BCUT2D eigenvalue weighted by molar-refractivity contribution is 5.96. The van der Waals surface area contributed by atoms with Crippen molar-refractivity contribution in [2.75, 3.05) is 31.5 Å². The van der Waals surface area contributed by atoms with Gasteiger partial charge in [0, 0.05) is 18.2 Å². The third kappa shape index (κ3) is 4.71. The van der Waals surface area contributed by atoms with Gasteiger partial charge in [-0.05, 0) is 50.9 Å². The predicted molar refractivity (Wildman–Crippen MR) is 99.6 cm³/mol. The number of halogens is 1. The van der Waals surface area contributed by atoms with E-state index in [2.05, 4.69) is 10.6 Å². The summed E-state index contributed by atoms with van der Waals surface area (Å²) in [5, 5.41) is 6.14. The van der Waals surface area contributed by atoms with Crippen LogP contribution in [0.3, 0.4) is 0 Å². The van der Waals surface area contributed by atoms with E-state index in [1.807, 2.05) is 45.9 Å². The van der Waals surface area contributed by atoms with Crippen molar-refractivity contribution in [2.45, 2.75) is 27.7 Å². The molecular formula is C18H28ClN3O2. The number of benzene rings is 1. The van der Waals surface area contributed by atoms with E-state index in [0.29, 0.717) is 12.5 Å². The number of anilines is 1. The fourth-order valence-electron chi connectivity index (χ4n) is 2.86. The lowest BCUT2D eigenvalue weighted by molar-refractivity contribution is -0.139. The van der Waals surface area contributed by atoms with Gasteiger partial charge in [-0.25, -0.2) is 0 Å². The largest absolute Gasteiger partial charge is 0.333 e. The van der Waals surface area contributed by atoms with Crippen molar-refractivity contribution in [3.63, 3.8) is 0 Å². The average molecular weight is 354 g/mol. The van der Waals surface area contributed by atoms with E-state index in [4.69, 9.17) is 0 Å². The molecule has 2 amide bonds. The molecule has 2 rings (SSSR count). The number of hydrogen-bond acceptors (Lipinski definition) is 3. The summed E-state index contributed by atoms with van der Waals surface area (Å²) in [6.45, 7) is 10.2. The number of nitrogens with zero attached hydrogens (tertiary/aromatic N) is 1. The minimum atomic E-state index is -0.142. The second-order valence-corrected chi connectivity index (χ2v) is 6.37. The van der Waals surface area contributed by atoms with Gasteiger partial charge in [0.05, 0.1) is 6.54 Å². The average Bonchev–Trinajstić information content (AvgIpc) is 2.46. The Labute approximate surface area is 150 Å². The highest BCUT2D eigenvalue weighted by Crippen LogP contribution is 2.20. The Hall–Kier alpha value is -1.59. The molecule has 2 N–H and O–H groups in total. The topological polar surface area (TPSA) is 61.4 Å². The van der Waals surface area contributed by atoms with Crippen LogP contribution in [-0.2, 0) is 9.59 Å². The molecule has 0 aromatic heterocycles. The van der Waals surface area contributed by atoms with Crippen molar-refractivity contribution in [3.8, 4) is 0 Å². The van der Waals surface area contributed by atoms with Crippen LogP contribution in [0, 0.1) is 25.7 Å². The molecule has 1 fully saturated rings. The zero-order valence-corrected chi connectivity index (χ0v) is 15.7. The van der Waals surface area contributed by atoms with Crippen molar-refractivity contribution in [1.82, 2.24) is 10.2 Å². The molecule has 1 aliphatic heterocycles. The lowest BCUT2D eigenvalue weighted by Crippen LogP contribution is -2.51. The van der Waals surface area contributed by atoms with Gasteiger partial charge in [0.2, 0.25) is 11.8 Å². The molecule has 0 radical (unpaired) electrons. The Bertz CT molecular complexity index is 567. The van der Waals surface area contributed by atoms with Crippen LogP contribution >= 0.6 is 12.4 Å². The molecular weight excluding hydrogens is 326 g/mol. The van der Waals surface area contributed by atoms with Crippen molar-refractivity contribution >= 4 is 29.9 Å². The Kier molecular flexibility index (Phi) is 7.70. The summed E-state index contributed by atoms with van der Waals surface area (Å²) >= 11 is 0. The van der Waals surface area contributed by atoms with Crippen LogP contribution in [0.15, 0.2) is 18.2 Å². The van der Waals surface area contributed by atoms with Crippen LogP contribution in [0.25, 0.3) is 0 Å². The molecule has 0 saturated carbocycles. The quantitative estimate of drug-likeness (QED) is 0.825. The first-order valence-corrected chi connectivity index (χ1v) is 8.29. The zero-order chi connectivity index (χ0) is 17.0. The molecule has 1 unspecified atom stereocenters. The van der Waals surface area contributed by atoms with E-state index in [0.717, 1.165) is 29.9 Å². The van der Waals surface area contributed by atoms with E-state index in [9.17, 15) is 9.59 Å². The first-order valence-electron chi connectivity index (χ1n) is 8.29. The molecule has 5 nitrogen and oxygen atoms in total. The monoisotopic (exact) mass is 353 g/mol. The number of rotatable bonds is 6. The minimum Gasteiger partial charge on any atom is -0.333 e. The van der Waals surface area contributed by atoms with E-state index >= 15 is 0 Å². The molecule has 1 saturated heterocycles. The maximum Gasteiger partial charge on any atom is 0.244 e. The second kappa shape index (κ2) is 9.04. The number of hydrogen-bond donors (Lipinski definition) is 2. The van der Waals surface area contributed by atoms with Crippen molar-refractivity contribution in [3.05, 3.63) is 29.3 Å². The number of aryl methyl sites for hydroxylation is 2. The van der Waals surface area contributed by atoms with E-state index in [1.165, 1.54) is 0 Å². The number of carbonyl (C=O) groups excluding carboxylic acids is 2. The van der Waals surface area contributed by atoms with Gasteiger partial charge in [-0.15, -0.1) is 12.4 Å². The number of carbonyl (C=O) groups is 2. The van der Waals surface area contributed by atoms with Crippen LogP contribution in [-0.4, -0.2) is 42.9 Å². The van der Waals surface area contributed by atoms with Gasteiger partial charge >= 0.3 is 0 Å². The lowest BCUT2D eigenvalue weighted by Gasteiger charge is -2.34. The van der Waals surface area contributed by atoms with Gasteiger partial charge in [0.1, 0.15) is 0 Å². The molecule has 1 aromatic rings. The molecule has 1 atom stereocenters. The van der Waals surface area contributed by atoms with Gasteiger partial charge in [-0.1, -0.05) is 25.1 Å². The maximum atomic E-state index is 12.5. The van der Waals surface area contributed by atoms with Crippen LogP contribution < -0.4 is 10.6 Å². The zero-order valence-electron chi connectivity index (χ0n) is 14.9. The first kappa shape index (κ1) is 20.5. The van der Waals surface area contributed by atoms with Crippen LogP contribution in [0.1, 0.15) is 25.0 Å². The fraction of sp³-hybridized carbons (Fsp3) is 0.556. The third-order valence-electron chi connectivity index (χ3n) is 4.68. The summed E-state index contributed by atoms with van der Waals surface area (Å²) in [6, 6.07) is 5.91. The lowest BCUT2D eigenvalue weighted by atomic mass is 9.88. The van der Waals surface area contributed by atoms with Gasteiger partial charge in [-0.2, -0.15) is 0 Å². The van der Waals surface area contributed by atoms with Crippen LogP contribution in [0.4, 0.5) is 5.69 Å². The van der Waals surface area contributed by atoms with E-state index in [-0.39, 0.29) is 36.7 Å². The molecule has 0 bridgehead atoms. The number of para-hydroxylation sites is 1. The van der Waals surface area contributed by atoms with Crippen molar-refractivity contribution in [2.24, 2.45) is 11.8 Å². The Balaban J connectivity index is 0.00000288.